The Morgan fingerprint density at radius 1 is 1.21 bits per heavy atom. The zero-order valence-electron chi connectivity index (χ0n) is 13.9. The predicted octanol–water partition coefficient (Wildman–Crippen LogP) is 4.00. The van der Waals surface area contributed by atoms with E-state index >= 15 is 0 Å². The topological polar surface area (TPSA) is 93.0 Å². The third-order valence-electron chi connectivity index (χ3n) is 3.63. The average molecular weight is 324 g/mol. The SMILES string of the molecule is CCOC(=O)Nc1cc(N)c2nc(-c3cc(C)cc(C)c3)[nH]c2c1. The molecule has 0 saturated carbocycles. The summed E-state index contributed by atoms with van der Waals surface area (Å²) in [6, 6.07) is 9.71. The van der Waals surface area contributed by atoms with Crippen LogP contribution in [0, 0.1) is 13.8 Å². The van der Waals surface area contributed by atoms with E-state index in [4.69, 9.17) is 10.5 Å². The number of nitrogen functional groups attached to an aromatic ring is 1. The van der Waals surface area contributed by atoms with Gasteiger partial charge in [-0.1, -0.05) is 17.2 Å². The van der Waals surface area contributed by atoms with Crippen molar-refractivity contribution in [1.29, 1.82) is 0 Å². The van der Waals surface area contributed by atoms with Crippen molar-refractivity contribution in [3.8, 4) is 11.4 Å². The lowest BCUT2D eigenvalue weighted by atomic mass is 10.1. The van der Waals surface area contributed by atoms with Gasteiger partial charge in [0.05, 0.1) is 17.8 Å². The smallest absolute Gasteiger partial charge is 0.411 e. The number of H-pyrrole nitrogens is 1. The number of aromatic nitrogens is 2. The van der Waals surface area contributed by atoms with E-state index in [1.807, 2.05) is 0 Å². The second-order valence-corrected chi connectivity index (χ2v) is 5.77. The number of nitrogens with two attached hydrogens (primary N) is 1. The fourth-order valence-corrected chi connectivity index (χ4v) is 2.75. The summed E-state index contributed by atoms with van der Waals surface area (Å²) in [5.74, 6) is 0.747. The van der Waals surface area contributed by atoms with Crippen LogP contribution in [-0.2, 0) is 4.74 Å². The average Bonchev–Trinajstić information content (AvgIpc) is 2.91. The molecule has 4 N–H and O–H groups in total. The summed E-state index contributed by atoms with van der Waals surface area (Å²) >= 11 is 0. The minimum atomic E-state index is -0.509. The molecule has 124 valence electrons. The number of nitrogens with one attached hydrogen (secondary N) is 2. The Morgan fingerprint density at radius 3 is 2.58 bits per heavy atom. The van der Waals surface area contributed by atoms with Gasteiger partial charge in [-0.3, -0.25) is 5.32 Å². The largest absolute Gasteiger partial charge is 0.450 e. The summed E-state index contributed by atoms with van der Waals surface area (Å²) in [6.07, 6.45) is -0.509. The molecule has 1 aromatic heterocycles. The molecule has 0 unspecified atom stereocenters. The van der Waals surface area contributed by atoms with Crippen LogP contribution in [0.1, 0.15) is 18.1 Å². The highest BCUT2D eigenvalue weighted by Crippen LogP contribution is 2.28. The highest BCUT2D eigenvalue weighted by molar-refractivity contribution is 5.96. The normalized spacial score (nSPS) is 10.8. The molecular formula is C18H20N4O2. The van der Waals surface area contributed by atoms with Gasteiger partial charge in [-0.05, 0) is 45.0 Å². The van der Waals surface area contributed by atoms with Crippen molar-refractivity contribution in [1.82, 2.24) is 9.97 Å². The number of carbonyl (C=O) groups is 1. The van der Waals surface area contributed by atoms with Gasteiger partial charge in [-0.25, -0.2) is 9.78 Å². The summed E-state index contributed by atoms with van der Waals surface area (Å²) in [5.41, 5.74) is 11.9. The van der Waals surface area contributed by atoms with Gasteiger partial charge in [0.2, 0.25) is 0 Å². The number of ether oxygens (including phenoxy) is 1. The molecule has 0 saturated heterocycles. The number of hydrogen-bond donors (Lipinski definition) is 3. The summed E-state index contributed by atoms with van der Waals surface area (Å²) in [5, 5.41) is 2.65. The Kier molecular flexibility index (Phi) is 4.12. The molecular weight excluding hydrogens is 304 g/mol. The lowest BCUT2D eigenvalue weighted by molar-refractivity contribution is 0.168. The van der Waals surface area contributed by atoms with Crippen molar-refractivity contribution in [3.63, 3.8) is 0 Å². The van der Waals surface area contributed by atoms with Gasteiger partial charge >= 0.3 is 6.09 Å². The number of rotatable bonds is 3. The highest BCUT2D eigenvalue weighted by Gasteiger charge is 2.11. The van der Waals surface area contributed by atoms with Crippen LogP contribution < -0.4 is 11.1 Å². The minimum Gasteiger partial charge on any atom is -0.450 e. The zero-order chi connectivity index (χ0) is 17.3. The molecule has 0 spiro atoms. The Hall–Kier alpha value is -3.02. The molecule has 24 heavy (non-hydrogen) atoms. The van der Waals surface area contributed by atoms with Gasteiger partial charge in [-0.2, -0.15) is 0 Å². The number of aryl methyl sites for hydroxylation is 2. The summed E-state index contributed by atoms with van der Waals surface area (Å²) in [7, 11) is 0. The first-order valence-corrected chi connectivity index (χ1v) is 7.78. The Morgan fingerprint density at radius 2 is 1.92 bits per heavy atom. The van der Waals surface area contributed by atoms with Gasteiger partial charge in [0, 0.05) is 11.3 Å². The van der Waals surface area contributed by atoms with Gasteiger partial charge in [-0.15, -0.1) is 0 Å². The van der Waals surface area contributed by atoms with Crippen LogP contribution in [0.3, 0.4) is 0 Å². The highest BCUT2D eigenvalue weighted by atomic mass is 16.5. The van der Waals surface area contributed by atoms with E-state index in [1.165, 1.54) is 11.1 Å². The van der Waals surface area contributed by atoms with Crippen LogP contribution >= 0.6 is 0 Å². The summed E-state index contributed by atoms with van der Waals surface area (Å²) in [4.78, 5) is 19.4. The molecule has 0 radical (unpaired) electrons. The van der Waals surface area contributed by atoms with Crippen molar-refractivity contribution >= 4 is 28.5 Å². The molecule has 0 aliphatic carbocycles. The third kappa shape index (κ3) is 3.17. The molecule has 3 rings (SSSR count). The first-order chi connectivity index (χ1) is 11.5. The second-order valence-electron chi connectivity index (χ2n) is 5.77. The molecule has 1 heterocycles. The van der Waals surface area contributed by atoms with E-state index in [1.54, 1.807) is 19.1 Å². The van der Waals surface area contributed by atoms with Gasteiger partial charge in [0.25, 0.3) is 0 Å². The first-order valence-electron chi connectivity index (χ1n) is 7.78. The van der Waals surface area contributed by atoms with Crippen LogP contribution in [0.2, 0.25) is 0 Å². The molecule has 0 aliphatic heterocycles. The third-order valence-corrected chi connectivity index (χ3v) is 3.63. The van der Waals surface area contributed by atoms with E-state index in [0.717, 1.165) is 16.9 Å². The molecule has 1 amide bonds. The summed E-state index contributed by atoms with van der Waals surface area (Å²) < 4.78 is 4.88. The fraction of sp³-hybridized carbons (Fsp3) is 0.222. The molecule has 6 heteroatoms. The standard InChI is InChI=1S/C18H20N4O2/c1-4-24-18(23)20-13-8-14(19)16-15(9-13)21-17(22-16)12-6-10(2)5-11(3)7-12/h5-9H,4,19H2,1-3H3,(H,20,23)(H,21,22). The van der Waals surface area contributed by atoms with Gasteiger partial charge in [0.1, 0.15) is 11.3 Å². The van der Waals surface area contributed by atoms with Gasteiger partial charge < -0.3 is 15.5 Å². The molecule has 0 atom stereocenters. The van der Waals surface area contributed by atoms with Crippen molar-refractivity contribution < 1.29 is 9.53 Å². The molecule has 0 fully saturated rings. The van der Waals surface area contributed by atoms with Crippen molar-refractivity contribution in [2.45, 2.75) is 20.8 Å². The maximum absolute atomic E-state index is 11.6. The summed E-state index contributed by atoms with van der Waals surface area (Å²) in [6.45, 7) is 6.16. The Labute approximate surface area is 140 Å². The maximum Gasteiger partial charge on any atom is 0.411 e. The van der Waals surface area contributed by atoms with Crippen LogP contribution in [0.5, 0.6) is 0 Å². The molecule has 0 bridgehead atoms. The lowest BCUT2D eigenvalue weighted by Crippen LogP contribution is -2.13. The fourth-order valence-electron chi connectivity index (χ4n) is 2.75. The number of hydrogen-bond acceptors (Lipinski definition) is 4. The number of fused-ring (bicyclic) bond motifs is 1. The van der Waals surface area contributed by atoms with E-state index in [9.17, 15) is 4.79 Å². The van der Waals surface area contributed by atoms with E-state index in [0.29, 0.717) is 23.5 Å². The van der Waals surface area contributed by atoms with E-state index < -0.39 is 6.09 Å². The van der Waals surface area contributed by atoms with Crippen LogP contribution in [0.15, 0.2) is 30.3 Å². The Bertz CT molecular complexity index is 895. The maximum atomic E-state index is 11.6. The molecule has 2 aromatic carbocycles. The second kappa shape index (κ2) is 6.23. The monoisotopic (exact) mass is 324 g/mol. The number of amides is 1. The molecule has 3 aromatic rings. The van der Waals surface area contributed by atoms with Gasteiger partial charge in [0.15, 0.2) is 0 Å². The number of nitrogens with zero attached hydrogens (tertiary/aromatic N) is 1. The zero-order valence-corrected chi connectivity index (χ0v) is 13.9. The van der Waals surface area contributed by atoms with Crippen LogP contribution in [0.25, 0.3) is 22.4 Å². The van der Waals surface area contributed by atoms with Crippen molar-refractivity contribution in [2.75, 3.05) is 17.7 Å². The number of imidazole rings is 1. The van der Waals surface area contributed by atoms with E-state index in [-0.39, 0.29) is 0 Å². The quantitative estimate of drug-likeness (QED) is 0.635. The lowest BCUT2D eigenvalue weighted by Gasteiger charge is -2.06. The molecule has 6 nitrogen and oxygen atoms in total. The Balaban J connectivity index is 2.01. The number of carbonyl (C=O) groups excluding carboxylic acids is 1. The number of anilines is 2. The molecule has 0 aliphatic rings. The minimum absolute atomic E-state index is 0.310. The van der Waals surface area contributed by atoms with Crippen molar-refractivity contribution in [2.24, 2.45) is 0 Å². The number of aromatic amines is 1. The van der Waals surface area contributed by atoms with Crippen LogP contribution in [-0.4, -0.2) is 22.7 Å². The van der Waals surface area contributed by atoms with E-state index in [2.05, 4.69) is 47.3 Å². The number of benzene rings is 2. The van der Waals surface area contributed by atoms with Crippen LogP contribution in [0.4, 0.5) is 16.2 Å². The first kappa shape index (κ1) is 15.9. The predicted molar refractivity (Wildman–Crippen MR) is 96.1 cm³/mol. The van der Waals surface area contributed by atoms with Crippen molar-refractivity contribution in [3.05, 3.63) is 41.5 Å².